The number of piperidine rings is 1. The average molecular weight is 780 g/mol. The fourth-order valence-corrected chi connectivity index (χ4v) is 7.66. The first-order valence-electron chi connectivity index (χ1n) is 16.6. The van der Waals surface area contributed by atoms with E-state index in [1.165, 1.54) is 37.5 Å². The van der Waals surface area contributed by atoms with Crippen molar-refractivity contribution in [3.8, 4) is 11.5 Å². The van der Waals surface area contributed by atoms with Gasteiger partial charge in [-0.25, -0.2) is 19.2 Å². The Morgan fingerprint density at radius 2 is 1.53 bits per heavy atom. The zero-order valence-electron chi connectivity index (χ0n) is 29.7. The molecule has 1 saturated heterocycles. The molecule has 16 nitrogen and oxygen atoms in total. The molecule has 2 heterocycles. The highest BCUT2D eigenvalue weighted by Gasteiger charge is 2.72. The molecular weight excluding hydrogens is 743 g/mol. The van der Waals surface area contributed by atoms with Crippen molar-refractivity contribution in [1.29, 1.82) is 0 Å². The number of nitrogens with zero attached hydrogens (tertiary/aromatic N) is 1. The summed E-state index contributed by atoms with van der Waals surface area (Å²) in [5.74, 6) is -8.34. The van der Waals surface area contributed by atoms with Crippen molar-refractivity contribution >= 4 is 35.8 Å². The summed E-state index contributed by atoms with van der Waals surface area (Å²) < 4.78 is 65.1. The molecule has 55 heavy (non-hydrogen) atoms. The average Bonchev–Trinajstić information content (AvgIpc) is 3.47. The second kappa shape index (κ2) is 15.2. The first kappa shape index (κ1) is 40.5. The van der Waals surface area contributed by atoms with Crippen molar-refractivity contribution in [3.05, 3.63) is 71.0 Å². The van der Waals surface area contributed by atoms with Crippen molar-refractivity contribution in [2.24, 2.45) is 0 Å². The summed E-state index contributed by atoms with van der Waals surface area (Å²) in [4.78, 5) is 74.7. The van der Waals surface area contributed by atoms with Crippen LogP contribution in [0.4, 0.5) is 13.2 Å². The first-order chi connectivity index (χ1) is 25.8. The van der Waals surface area contributed by atoms with Gasteiger partial charge < -0.3 is 48.6 Å². The van der Waals surface area contributed by atoms with Gasteiger partial charge in [-0.05, 0) is 44.1 Å². The molecule has 2 bridgehead atoms. The van der Waals surface area contributed by atoms with Crippen LogP contribution in [0.15, 0.2) is 54.3 Å². The maximum absolute atomic E-state index is 13.9. The number of carbonyl (C=O) groups excluding carboxylic acids is 4. The normalized spacial score (nSPS) is 24.8. The molecule has 1 spiro atoms. The summed E-state index contributed by atoms with van der Waals surface area (Å²) in [5, 5.41) is 29.3. The smallest absolute Gasteiger partial charge is 0.490 e. The lowest BCUT2D eigenvalue weighted by Crippen LogP contribution is -2.74. The summed E-state index contributed by atoms with van der Waals surface area (Å²) in [6.07, 6.45) is -9.79. The predicted molar refractivity (Wildman–Crippen MR) is 175 cm³/mol. The molecule has 2 aromatic carbocycles. The standard InChI is InChI=1S/C34H35NO13.C2HF3O2/c1-17(36)44-27(28(45-18(2)37)32(41)48-25(30(38)39)19-8-6-5-7-9-19)31(40)46-22-12-13-34(42)23-16-20-10-11-21(43-4)26-24(20)33(34,29(22)47-26)14-15-35(23)3;3-2(4,5)1(6)7/h5-12,23,25,27-29,42H,13-16H2,1-4H3,(H,38,39);(H,6,7)/t23-,25?,27?,28?,29+,33+,34-;/m1./s1. The molecule has 6 rings (SSSR count). The predicted octanol–water partition coefficient (Wildman–Crippen LogP) is 2.38. The molecule has 2 aliphatic carbocycles. The number of carboxylic acids is 2. The van der Waals surface area contributed by atoms with Gasteiger partial charge in [0.25, 0.3) is 0 Å². The van der Waals surface area contributed by atoms with Gasteiger partial charge >= 0.3 is 42.0 Å². The van der Waals surface area contributed by atoms with Gasteiger partial charge in [0.05, 0.1) is 18.1 Å². The van der Waals surface area contributed by atoms with Crippen LogP contribution >= 0.6 is 0 Å². The number of alkyl halides is 3. The molecule has 296 valence electrons. The molecule has 7 atom stereocenters. The van der Waals surface area contributed by atoms with Gasteiger partial charge in [0.1, 0.15) is 5.76 Å². The third-order valence-electron chi connectivity index (χ3n) is 9.90. The second-order valence-corrected chi connectivity index (χ2v) is 13.1. The molecule has 0 amide bonds. The number of hydrogen-bond acceptors (Lipinski definition) is 14. The molecule has 0 saturated carbocycles. The summed E-state index contributed by atoms with van der Waals surface area (Å²) in [5.41, 5.74) is -0.528. The molecule has 0 aromatic heterocycles. The van der Waals surface area contributed by atoms with Crippen LogP contribution in [0.2, 0.25) is 0 Å². The Morgan fingerprint density at radius 1 is 0.927 bits per heavy atom. The molecule has 0 radical (unpaired) electrons. The SMILES string of the molecule is COc1ccc2c3c1O[C@H]1C(OC(=O)C(OC(C)=O)C(OC(C)=O)C(=O)OC(C(=O)O)c4ccccc4)=CC[C@@]4(O)[C@@H](C2)N(C)CC[C@]314.O=C(O)C(F)(F)F. The number of likely N-dealkylation sites (tertiary alicyclic amines) is 1. The summed E-state index contributed by atoms with van der Waals surface area (Å²) in [7, 11) is 3.44. The number of aliphatic carboxylic acids is 2. The number of carbonyl (C=O) groups is 6. The van der Waals surface area contributed by atoms with Crippen LogP contribution in [-0.4, -0.2) is 113 Å². The number of hydrogen-bond donors (Lipinski definition) is 3. The largest absolute Gasteiger partial charge is 0.493 e. The van der Waals surface area contributed by atoms with Crippen molar-refractivity contribution in [2.45, 2.75) is 80.8 Å². The minimum Gasteiger partial charge on any atom is -0.493 e. The summed E-state index contributed by atoms with van der Waals surface area (Å²) in [6.45, 7) is 2.51. The van der Waals surface area contributed by atoms with Crippen LogP contribution in [0.3, 0.4) is 0 Å². The number of ether oxygens (including phenoxy) is 6. The van der Waals surface area contributed by atoms with Gasteiger partial charge in [-0.2, -0.15) is 13.2 Å². The number of benzene rings is 2. The van der Waals surface area contributed by atoms with Crippen LogP contribution in [0.25, 0.3) is 0 Å². The van der Waals surface area contributed by atoms with E-state index in [1.807, 2.05) is 13.1 Å². The lowest BCUT2D eigenvalue weighted by Gasteiger charge is -2.61. The molecule has 19 heteroatoms. The van der Waals surface area contributed by atoms with E-state index in [0.29, 0.717) is 30.9 Å². The Balaban J connectivity index is 0.000000757. The quantitative estimate of drug-likeness (QED) is 0.233. The number of methoxy groups -OCH3 is 1. The third-order valence-corrected chi connectivity index (χ3v) is 9.90. The molecule has 3 unspecified atom stereocenters. The molecule has 1 fully saturated rings. The van der Waals surface area contributed by atoms with E-state index in [2.05, 4.69) is 4.90 Å². The van der Waals surface area contributed by atoms with Crippen LogP contribution in [0, 0.1) is 0 Å². The molecule has 3 N–H and O–H groups in total. The number of likely N-dealkylation sites (N-methyl/N-ethyl adjacent to an activating group) is 1. The number of halogens is 3. The third kappa shape index (κ3) is 7.40. The Labute approximate surface area is 310 Å². The number of rotatable bonds is 10. The van der Waals surface area contributed by atoms with Crippen LogP contribution in [0.5, 0.6) is 11.5 Å². The van der Waals surface area contributed by atoms with Gasteiger partial charge in [0, 0.05) is 37.4 Å². The first-order valence-corrected chi connectivity index (χ1v) is 16.6. The van der Waals surface area contributed by atoms with Crippen molar-refractivity contribution in [1.82, 2.24) is 4.90 Å². The Hall–Kier alpha value is -5.69. The van der Waals surface area contributed by atoms with Gasteiger partial charge in [-0.15, -0.1) is 0 Å². The van der Waals surface area contributed by atoms with E-state index in [0.717, 1.165) is 25.0 Å². The van der Waals surface area contributed by atoms with Gasteiger partial charge in [0.2, 0.25) is 18.3 Å². The van der Waals surface area contributed by atoms with E-state index in [1.54, 1.807) is 12.1 Å². The monoisotopic (exact) mass is 779 g/mol. The zero-order chi connectivity index (χ0) is 40.6. The minimum atomic E-state index is -5.08. The number of aliphatic hydroxyl groups is 1. The maximum atomic E-state index is 13.9. The van der Waals surface area contributed by atoms with Crippen LogP contribution in [-0.2, 0) is 59.6 Å². The Kier molecular flexibility index (Phi) is 11.2. The molecular formula is C36H36F3NO15. The van der Waals surface area contributed by atoms with Crippen molar-refractivity contribution in [2.75, 3.05) is 20.7 Å². The Bertz CT molecular complexity index is 1920. The van der Waals surface area contributed by atoms with Gasteiger partial charge in [-0.3, -0.25) is 9.59 Å². The molecule has 2 aliphatic heterocycles. The van der Waals surface area contributed by atoms with E-state index in [9.17, 15) is 47.4 Å². The number of esters is 4. The zero-order valence-corrected chi connectivity index (χ0v) is 29.7. The summed E-state index contributed by atoms with van der Waals surface area (Å²) >= 11 is 0. The van der Waals surface area contributed by atoms with Gasteiger partial charge in [0.15, 0.2) is 17.6 Å². The Morgan fingerprint density at radius 3 is 2.07 bits per heavy atom. The number of carboxylic acid groups (broad SMARTS) is 2. The van der Waals surface area contributed by atoms with Crippen molar-refractivity contribution in [3.63, 3.8) is 0 Å². The highest BCUT2D eigenvalue weighted by molar-refractivity contribution is 5.90. The maximum Gasteiger partial charge on any atom is 0.490 e. The van der Waals surface area contributed by atoms with E-state index >= 15 is 0 Å². The molecule has 2 aromatic rings. The fourth-order valence-electron chi connectivity index (χ4n) is 7.66. The van der Waals surface area contributed by atoms with Crippen LogP contribution < -0.4 is 9.47 Å². The highest BCUT2D eigenvalue weighted by Crippen LogP contribution is 2.65. The van der Waals surface area contributed by atoms with E-state index in [-0.39, 0.29) is 23.8 Å². The lowest BCUT2D eigenvalue weighted by molar-refractivity contribution is -0.195. The topological polar surface area (TPSA) is 222 Å². The highest BCUT2D eigenvalue weighted by atomic mass is 19.4. The fraction of sp³-hybridized carbons (Fsp3) is 0.444. The second-order valence-electron chi connectivity index (χ2n) is 13.1. The minimum absolute atomic E-state index is 0.0149. The molecule has 4 aliphatic rings. The van der Waals surface area contributed by atoms with Crippen LogP contribution in [0.1, 0.15) is 49.5 Å². The summed E-state index contributed by atoms with van der Waals surface area (Å²) in [6, 6.07) is 10.9. The van der Waals surface area contributed by atoms with Gasteiger partial charge in [-0.1, -0.05) is 36.4 Å². The van der Waals surface area contributed by atoms with E-state index < -0.39 is 77.4 Å². The van der Waals surface area contributed by atoms with E-state index in [4.69, 9.17) is 38.3 Å². The van der Waals surface area contributed by atoms with Crippen molar-refractivity contribution < 1.29 is 85.7 Å². The lowest BCUT2D eigenvalue weighted by atomic mass is 9.50.